The molecule has 0 spiro atoms. The number of halogens is 1. The van der Waals surface area contributed by atoms with Gasteiger partial charge in [0.05, 0.1) is 23.4 Å². The van der Waals surface area contributed by atoms with E-state index < -0.39 is 18.2 Å². The summed E-state index contributed by atoms with van der Waals surface area (Å²) >= 11 is 7.82. The Morgan fingerprint density at radius 3 is 2.65 bits per heavy atom. The molecule has 0 bridgehead atoms. The van der Waals surface area contributed by atoms with Crippen LogP contribution in [0.3, 0.4) is 0 Å². The smallest absolute Gasteiger partial charge is 0.347 e. The molecule has 3 N–H and O–H groups in total. The van der Waals surface area contributed by atoms with E-state index in [1.165, 1.54) is 17.5 Å². The minimum Gasteiger partial charge on any atom is -0.477 e. The van der Waals surface area contributed by atoms with Gasteiger partial charge in [0.2, 0.25) is 0 Å². The Kier molecular flexibility index (Phi) is 8.90. The number of rotatable bonds is 11. The van der Waals surface area contributed by atoms with Crippen LogP contribution in [-0.2, 0) is 6.42 Å². The van der Waals surface area contributed by atoms with E-state index in [1.807, 2.05) is 24.3 Å². The molecule has 1 aromatic heterocycles. The fraction of sp³-hybridized carbons (Fsp3) is 0.583. The van der Waals surface area contributed by atoms with Gasteiger partial charge in [0, 0.05) is 11.3 Å². The Labute approximate surface area is 193 Å². The topological polar surface area (TPSA) is 90.7 Å². The van der Waals surface area contributed by atoms with E-state index in [0.29, 0.717) is 12.8 Å². The van der Waals surface area contributed by atoms with Crippen molar-refractivity contribution in [3.8, 4) is 0 Å². The van der Waals surface area contributed by atoms with Crippen molar-refractivity contribution >= 4 is 28.9 Å². The molecule has 1 unspecified atom stereocenters. The van der Waals surface area contributed by atoms with Crippen LogP contribution in [0.15, 0.2) is 30.5 Å². The summed E-state index contributed by atoms with van der Waals surface area (Å²) < 4.78 is 0. The van der Waals surface area contributed by atoms with Gasteiger partial charge in [0.25, 0.3) is 0 Å². The van der Waals surface area contributed by atoms with Gasteiger partial charge in [-0.2, -0.15) is 0 Å². The molecule has 0 aliphatic heterocycles. The number of thiazole rings is 1. The molecule has 7 heteroatoms. The monoisotopic (exact) mass is 465 g/mol. The predicted molar refractivity (Wildman–Crippen MR) is 124 cm³/mol. The Bertz CT molecular complexity index is 840. The number of carboxylic acids is 1. The normalized spacial score (nSPS) is 24.4. The molecular formula is C24H32ClNO4S. The summed E-state index contributed by atoms with van der Waals surface area (Å²) in [5, 5.41) is 30.8. The number of aromatic carboxylic acids is 1. The van der Waals surface area contributed by atoms with Crippen LogP contribution in [0.1, 0.15) is 89.7 Å². The number of aryl methyl sites for hydroxylation is 1. The number of hydrogen-bond donors (Lipinski definition) is 3. The quantitative estimate of drug-likeness (QED) is 0.299. The third kappa shape index (κ3) is 6.28. The average Bonchev–Trinajstić information content (AvgIpc) is 3.33. The third-order valence-electron chi connectivity index (χ3n) is 6.29. The number of carboxylic acid groups (broad SMARTS) is 1. The summed E-state index contributed by atoms with van der Waals surface area (Å²) in [5.41, 5.74) is 1.98. The lowest BCUT2D eigenvalue weighted by atomic mass is 9.84. The number of aromatic nitrogens is 1. The van der Waals surface area contributed by atoms with Crippen molar-refractivity contribution in [1.29, 1.82) is 0 Å². The molecule has 0 amide bonds. The van der Waals surface area contributed by atoms with Crippen molar-refractivity contribution in [1.82, 2.24) is 4.98 Å². The first kappa shape index (κ1) is 24.2. The average molecular weight is 466 g/mol. The van der Waals surface area contributed by atoms with Gasteiger partial charge in [-0.1, -0.05) is 50.5 Å². The zero-order valence-corrected chi connectivity index (χ0v) is 19.5. The van der Waals surface area contributed by atoms with Crippen LogP contribution in [0.25, 0.3) is 0 Å². The SMILES string of the molecule is CCCCCC(O)c1ccc([C@@H]2[C@@H](CCCc3ncc(C(=O)O)s3)[C@H](Cl)C[C@H]2O)cc1. The molecule has 1 aliphatic carbocycles. The van der Waals surface area contributed by atoms with Gasteiger partial charge in [-0.3, -0.25) is 0 Å². The summed E-state index contributed by atoms with van der Waals surface area (Å²) in [6.45, 7) is 2.15. The molecule has 1 aliphatic rings. The number of carbonyl (C=O) groups is 1. The molecule has 1 saturated carbocycles. The van der Waals surface area contributed by atoms with E-state index in [0.717, 1.165) is 54.7 Å². The Morgan fingerprint density at radius 2 is 2.00 bits per heavy atom. The van der Waals surface area contributed by atoms with E-state index in [1.54, 1.807) is 0 Å². The van der Waals surface area contributed by atoms with E-state index in [2.05, 4.69) is 11.9 Å². The fourth-order valence-corrected chi connectivity index (χ4v) is 5.86. The minimum atomic E-state index is -0.942. The third-order valence-corrected chi connectivity index (χ3v) is 7.83. The first-order valence-corrected chi connectivity index (χ1v) is 12.4. The van der Waals surface area contributed by atoms with Crippen molar-refractivity contribution in [3.05, 3.63) is 51.5 Å². The number of aliphatic hydroxyl groups is 2. The number of nitrogens with zero attached hydrogens (tertiary/aromatic N) is 1. The molecule has 31 heavy (non-hydrogen) atoms. The highest BCUT2D eigenvalue weighted by atomic mass is 35.5. The molecule has 5 atom stereocenters. The molecule has 3 rings (SSSR count). The van der Waals surface area contributed by atoms with Crippen LogP contribution in [0.4, 0.5) is 0 Å². The first-order valence-electron chi connectivity index (χ1n) is 11.2. The zero-order chi connectivity index (χ0) is 22.4. The second kappa shape index (κ2) is 11.4. The number of aliphatic hydroxyl groups excluding tert-OH is 2. The zero-order valence-electron chi connectivity index (χ0n) is 17.9. The van der Waals surface area contributed by atoms with Gasteiger partial charge >= 0.3 is 5.97 Å². The van der Waals surface area contributed by atoms with Gasteiger partial charge < -0.3 is 15.3 Å². The molecule has 5 nitrogen and oxygen atoms in total. The summed E-state index contributed by atoms with van der Waals surface area (Å²) in [4.78, 5) is 15.5. The summed E-state index contributed by atoms with van der Waals surface area (Å²) in [6.07, 6.45) is 7.50. The van der Waals surface area contributed by atoms with Crippen molar-refractivity contribution in [2.24, 2.45) is 5.92 Å². The number of unbranched alkanes of at least 4 members (excludes halogenated alkanes) is 2. The summed E-state index contributed by atoms with van der Waals surface area (Å²) in [6, 6.07) is 7.99. The van der Waals surface area contributed by atoms with Gasteiger partial charge in [-0.25, -0.2) is 9.78 Å². The molecule has 1 heterocycles. The molecule has 0 radical (unpaired) electrons. The van der Waals surface area contributed by atoms with E-state index >= 15 is 0 Å². The highest BCUT2D eigenvalue weighted by Gasteiger charge is 2.41. The highest BCUT2D eigenvalue weighted by molar-refractivity contribution is 7.13. The molecule has 1 fully saturated rings. The number of benzene rings is 1. The van der Waals surface area contributed by atoms with Crippen LogP contribution in [-0.4, -0.2) is 37.8 Å². The molecular weight excluding hydrogens is 434 g/mol. The summed E-state index contributed by atoms with van der Waals surface area (Å²) in [7, 11) is 0. The van der Waals surface area contributed by atoms with Crippen LogP contribution in [0.5, 0.6) is 0 Å². The van der Waals surface area contributed by atoms with Crippen LogP contribution in [0.2, 0.25) is 0 Å². The fourth-order valence-electron chi connectivity index (χ4n) is 4.60. The first-order chi connectivity index (χ1) is 14.9. The lowest BCUT2D eigenvalue weighted by molar-refractivity contribution is 0.0702. The number of hydrogen-bond acceptors (Lipinski definition) is 5. The predicted octanol–water partition coefficient (Wildman–Crippen LogP) is 5.55. The Hall–Kier alpha value is -1.47. The lowest BCUT2D eigenvalue weighted by Gasteiger charge is -2.24. The van der Waals surface area contributed by atoms with Crippen LogP contribution >= 0.6 is 22.9 Å². The maximum Gasteiger partial charge on any atom is 0.347 e. The number of alkyl halides is 1. The maximum atomic E-state index is 11.0. The van der Waals surface area contributed by atoms with Crippen molar-refractivity contribution in [3.63, 3.8) is 0 Å². The van der Waals surface area contributed by atoms with E-state index in [9.17, 15) is 15.0 Å². The molecule has 2 aromatic rings. The largest absolute Gasteiger partial charge is 0.477 e. The van der Waals surface area contributed by atoms with Gasteiger partial charge in [0.15, 0.2) is 0 Å². The van der Waals surface area contributed by atoms with Crippen LogP contribution in [0, 0.1) is 5.92 Å². The van der Waals surface area contributed by atoms with Gasteiger partial charge in [0.1, 0.15) is 4.88 Å². The Balaban J connectivity index is 1.61. The highest BCUT2D eigenvalue weighted by Crippen LogP contribution is 2.45. The second-order valence-electron chi connectivity index (χ2n) is 8.50. The molecule has 0 saturated heterocycles. The van der Waals surface area contributed by atoms with Crippen LogP contribution < -0.4 is 0 Å². The van der Waals surface area contributed by atoms with Crippen molar-refractivity contribution in [2.75, 3.05) is 0 Å². The summed E-state index contributed by atoms with van der Waals surface area (Å²) in [5.74, 6) is -0.821. The van der Waals surface area contributed by atoms with Crippen molar-refractivity contribution < 1.29 is 20.1 Å². The Morgan fingerprint density at radius 1 is 1.26 bits per heavy atom. The molecule has 170 valence electrons. The lowest BCUT2D eigenvalue weighted by Crippen LogP contribution is -2.19. The standard InChI is InChI=1S/C24H32ClNO4S/c1-2-3-4-7-19(27)15-9-11-16(12-10-15)23-17(18(25)13-20(23)28)6-5-8-22-26-14-21(31-22)24(29)30/h9-12,14,17-20,23,27-28H,2-8,13H2,1H3,(H,29,30)/t17-,18+,19?,20+,23+/m0/s1. The maximum absolute atomic E-state index is 11.0. The molecule has 1 aromatic carbocycles. The second-order valence-corrected chi connectivity index (χ2v) is 10.2. The van der Waals surface area contributed by atoms with Crippen molar-refractivity contribution in [2.45, 2.75) is 81.8 Å². The van der Waals surface area contributed by atoms with Gasteiger partial charge in [-0.05, 0) is 49.1 Å². The van der Waals surface area contributed by atoms with E-state index in [-0.39, 0.29) is 22.1 Å². The minimum absolute atomic E-state index is 0.0281. The van der Waals surface area contributed by atoms with Gasteiger partial charge in [-0.15, -0.1) is 22.9 Å². The van der Waals surface area contributed by atoms with E-state index in [4.69, 9.17) is 16.7 Å².